The molecule has 2 N–H and O–H groups in total. The van der Waals surface area contributed by atoms with Crippen molar-refractivity contribution < 1.29 is 13.2 Å². The van der Waals surface area contributed by atoms with Crippen LogP contribution in [0.1, 0.15) is 26.5 Å². The number of thiophene rings is 1. The van der Waals surface area contributed by atoms with Crippen LogP contribution in [0.3, 0.4) is 0 Å². The minimum atomic E-state index is -3.40. The number of carbonyl (C=O) groups is 1. The van der Waals surface area contributed by atoms with Gasteiger partial charge in [0.2, 0.25) is 10.0 Å². The maximum atomic E-state index is 12.4. The number of hydrogen-bond donors (Lipinski definition) is 2. The van der Waals surface area contributed by atoms with E-state index in [1.165, 1.54) is 21.8 Å². The fourth-order valence-electron chi connectivity index (χ4n) is 2.51. The molecule has 0 radical (unpaired) electrons. The van der Waals surface area contributed by atoms with E-state index in [4.69, 9.17) is 0 Å². The first-order chi connectivity index (χ1) is 10.4. The van der Waals surface area contributed by atoms with Gasteiger partial charge in [-0.1, -0.05) is 12.1 Å². The molecule has 2 aromatic rings. The lowest BCUT2D eigenvalue weighted by Crippen LogP contribution is -2.15. The second kappa shape index (κ2) is 5.73. The highest BCUT2D eigenvalue weighted by Gasteiger charge is 2.19. The molecule has 0 saturated carbocycles. The molecule has 0 unspecified atom stereocenters. The van der Waals surface area contributed by atoms with Gasteiger partial charge in [0, 0.05) is 4.88 Å². The molecule has 1 heterocycles. The zero-order valence-corrected chi connectivity index (χ0v) is 13.7. The summed E-state index contributed by atoms with van der Waals surface area (Å²) in [6, 6.07) is 8.69. The van der Waals surface area contributed by atoms with E-state index in [-0.39, 0.29) is 5.91 Å². The highest BCUT2D eigenvalue weighted by Crippen LogP contribution is 2.31. The standard InChI is InChI=1S/C15H16N2O3S2/c1-22(19,20)17-12-7-3-2-6-11(12)16-15(18)14-9-10-5-4-8-13(10)21-14/h2-3,6-7,9,17H,4-5,8H2,1H3,(H,16,18). The molecule has 1 aromatic heterocycles. The smallest absolute Gasteiger partial charge is 0.265 e. The predicted octanol–water partition coefficient (Wildman–Crippen LogP) is 2.86. The molecule has 5 nitrogen and oxygen atoms in total. The van der Waals surface area contributed by atoms with Gasteiger partial charge in [-0.2, -0.15) is 0 Å². The van der Waals surface area contributed by atoms with E-state index in [9.17, 15) is 13.2 Å². The second-order valence-corrected chi connectivity index (χ2v) is 8.17. The molecule has 0 aliphatic heterocycles. The molecule has 0 atom stereocenters. The van der Waals surface area contributed by atoms with E-state index >= 15 is 0 Å². The molecular weight excluding hydrogens is 320 g/mol. The monoisotopic (exact) mass is 336 g/mol. The Morgan fingerprint density at radius 1 is 1.18 bits per heavy atom. The topological polar surface area (TPSA) is 75.3 Å². The summed E-state index contributed by atoms with van der Waals surface area (Å²) in [4.78, 5) is 14.3. The van der Waals surface area contributed by atoms with E-state index in [2.05, 4.69) is 10.0 Å². The molecule has 1 aromatic carbocycles. The van der Waals surface area contributed by atoms with Gasteiger partial charge in [-0.15, -0.1) is 11.3 Å². The van der Waals surface area contributed by atoms with Crippen LogP contribution in [0.25, 0.3) is 0 Å². The van der Waals surface area contributed by atoms with Crippen LogP contribution in [0.4, 0.5) is 11.4 Å². The van der Waals surface area contributed by atoms with Crippen molar-refractivity contribution in [1.82, 2.24) is 0 Å². The molecule has 0 spiro atoms. The summed E-state index contributed by atoms with van der Waals surface area (Å²) < 4.78 is 25.2. The van der Waals surface area contributed by atoms with Gasteiger partial charge in [-0.05, 0) is 43.0 Å². The highest BCUT2D eigenvalue weighted by atomic mass is 32.2. The Balaban J connectivity index is 1.81. The van der Waals surface area contributed by atoms with E-state index < -0.39 is 10.0 Å². The van der Waals surface area contributed by atoms with E-state index in [0.29, 0.717) is 16.3 Å². The molecule has 22 heavy (non-hydrogen) atoms. The fourth-order valence-corrected chi connectivity index (χ4v) is 4.23. The predicted molar refractivity (Wildman–Crippen MR) is 89.2 cm³/mol. The first-order valence-corrected chi connectivity index (χ1v) is 9.63. The average Bonchev–Trinajstić information content (AvgIpc) is 3.00. The number of benzene rings is 1. The maximum absolute atomic E-state index is 12.4. The van der Waals surface area contributed by atoms with Gasteiger partial charge in [-0.3, -0.25) is 9.52 Å². The molecule has 0 bridgehead atoms. The molecule has 3 rings (SSSR count). The fraction of sp³-hybridized carbons (Fsp3) is 0.267. The summed E-state index contributed by atoms with van der Waals surface area (Å²) in [5, 5.41) is 2.78. The molecule has 116 valence electrons. The molecule has 1 aliphatic carbocycles. The van der Waals surface area contributed by atoms with Crippen LogP contribution in [0.5, 0.6) is 0 Å². The van der Waals surface area contributed by atoms with Crippen molar-refractivity contribution in [2.24, 2.45) is 0 Å². The second-order valence-electron chi connectivity index (χ2n) is 5.29. The molecular formula is C15H16N2O3S2. The third-order valence-electron chi connectivity index (χ3n) is 3.44. The Bertz CT molecular complexity index is 804. The Morgan fingerprint density at radius 2 is 1.91 bits per heavy atom. The number of para-hydroxylation sites is 2. The number of carbonyl (C=O) groups excluding carboxylic acids is 1. The van der Waals surface area contributed by atoms with Crippen molar-refractivity contribution >= 4 is 38.6 Å². The Labute approximate surface area is 133 Å². The summed E-state index contributed by atoms with van der Waals surface area (Å²) in [7, 11) is -3.40. The van der Waals surface area contributed by atoms with Gasteiger partial charge in [0.15, 0.2) is 0 Å². The normalized spacial score (nSPS) is 13.7. The Hall–Kier alpha value is -1.86. The molecule has 1 aliphatic rings. The van der Waals surface area contributed by atoms with Crippen LogP contribution in [-0.4, -0.2) is 20.6 Å². The van der Waals surface area contributed by atoms with Crippen LogP contribution in [0.15, 0.2) is 30.3 Å². The maximum Gasteiger partial charge on any atom is 0.265 e. The van der Waals surface area contributed by atoms with Crippen LogP contribution >= 0.6 is 11.3 Å². The van der Waals surface area contributed by atoms with Crippen molar-refractivity contribution in [3.63, 3.8) is 0 Å². The van der Waals surface area contributed by atoms with E-state index in [0.717, 1.165) is 25.5 Å². The van der Waals surface area contributed by atoms with Gasteiger partial charge in [0.1, 0.15) is 0 Å². The number of amides is 1. The SMILES string of the molecule is CS(=O)(=O)Nc1ccccc1NC(=O)c1cc2c(s1)CCC2. The first kappa shape index (κ1) is 15.1. The van der Waals surface area contributed by atoms with Gasteiger partial charge >= 0.3 is 0 Å². The quantitative estimate of drug-likeness (QED) is 0.901. The zero-order chi connectivity index (χ0) is 15.7. The molecule has 7 heteroatoms. The van der Waals surface area contributed by atoms with E-state index in [1.54, 1.807) is 24.3 Å². The number of aryl methyl sites for hydroxylation is 2. The average molecular weight is 336 g/mol. The number of nitrogens with one attached hydrogen (secondary N) is 2. The van der Waals surface area contributed by atoms with Crippen LogP contribution < -0.4 is 10.0 Å². The van der Waals surface area contributed by atoms with Crippen LogP contribution in [0, 0.1) is 0 Å². The van der Waals surface area contributed by atoms with Crippen molar-refractivity contribution in [2.75, 3.05) is 16.3 Å². The van der Waals surface area contributed by atoms with Crippen molar-refractivity contribution in [2.45, 2.75) is 19.3 Å². The van der Waals surface area contributed by atoms with Crippen molar-refractivity contribution in [1.29, 1.82) is 0 Å². The minimum absolute atomic E-state index is 0.206. The lowest BCUT2D eigenvalue weighted by molar-refractivity contribution is 0.103. The number of hydrogen-bond acceptors (Lipinski definition) is 4. The summed E-state index contributed by atoms with van der Waals surface area (Å²) in [6.07, 6.45) is 4.31. The van der Waals surface area contributed by atoms with E-state index in [1.807, 2.05) is 6.07 Å². The molecule has 1 amide bonds. The number of anilines is 2. The van der Waals surface area contributed by atoms with Gasteiger partial charge in [0.05, 0.1) is 22.5 Å². The summed E-state index contributed by atoms with van der Waals surface area (Å²) >= 11 is 1.52. The number of rotatable bonds is 4. The lowest BCUT2D eigenvalue weighted by Gasteiger charge is -2.11. The van der Waals surface area contributed by atoms with Crippen molar-refractivity contribution in [3.8, 4) is 0 Å². The van der Waals surface area contributed by atoms with Crippen LogP contribution in [-0.2, 0) is 22.9 Å². The summed E-state index contributed by atoms with van der Waals surface area (Å²) in [5.74, 6) is -0.206. The van der Waals surface area contributed by atoms with Crippen LogP contribution in [0.2, 0.25) is 0 Å². The minimum Gasteiger partial charge on any atom is -0.319 e. The first-order valence-electron chi connectivity index (χ1n) is 6.92. The molecule has 0 saturated heterocycles. The largest absolute Gasteiger partial charge is 0.319 e. The number of fused-ring (bicyclic) bond motifs is 1. The highest BCUT2D eigenvalue weighted by molar-refractivity contribution is 7.92. The van der Waals surface area contributed by atoms with Gasteiger partial charge in [-0.25, -0.2) is 8.42 Å². The molecule has 0 fully saturated rings. The third kappa shape index (κ3) is 3.31. The zero-order valence-electron chi connectivity index (χ0n) is 12.0. The summed E-state index contributed by atoms with van der Waals surface area (Å²) in [5.41, 5.74) is 2.08. The Kier molecular flexibility index (Phi) is 3.92. The van der Waals surface area contributed by atoms with Gasteiger partial charge in [0.25, 0.3) is 5.91 Å². The van der Waals surface area contributed by atoms with Crippen molar-refractivity contribution in [3.05, 3.63) is 45.6 Å². The third-order valence-corrected chi connectivity index (χ3v) is 5.27. The lowest BCUT2D eigenvalue weighted by atomic mass is 10.2. The summed E-state index contributed by atoms with van der Waals surface area (Å²) in [6.45, 7) is 0. The number of sulfonamides is 1. The van der Waals surface area contributed by atoms with Gasteiger partial charge < -0.3 is 5.32 Å². The Morgan fingerprint density at radius 3 is 2.59 bits per heavy atom.